The highest BCUT2D eigenvalue weighted by atomic mass is 32.1. The summed E-state index contributed by atoms with van der Waals surface area (Å²) in [5.41, 5.74) is 1.89. The number of anilines is 2. The van der Waals surface area contributed by atoms with Crippen LogP contribution in [-0.4, -0.2) is 89.8 Å². The maximum Gasteiger partial charge on any atom is 0.259 e. The number of piperidine rings is 1. The highest BCUT2D eigenvalue weighted by molar-refractivity contribution is 7.15. The number of aromatic nitrogens is 1. The Balaban J connectivity index is 1.27. The van der Waals surface area contributed by atoms with E-state index in [1.807, 2.05) is 11.8 Å². The smallest absolute Gasteiger partial charge is 0.259 e. The molecule has 9 nitrogen and oxygen atoms in total. The fourth-order valence-electron chi connectivity index (χ4n) is 5.34. The van der Waals surface area contributed by atoms with Crippen LogP contribution in [0.4, 0.5) is 15.2 Å². The number of likely N-dealkylation sites (tertiary alicyclic amines) is 1. The monoisotopic (exact) mass is 528 g/mol. The second-order valence-electron chi connectivity index (χ2n) is 10.1. The van der Waals surface area contributed by atoms with Crippen LogP contribution in [0.1, 0.15) is 47.1 Å². The van der Waals surface area contributed by atoms with Gasteiger partial charge in [0.25, 0.3) is 5.91 Å². The molecule has 3 aliphatic rings. The third kappa shape index (κ3) is 5.62. The number of carbonyl (C=O) groups excluding carboxylic acids is 3. The Morgan fingerprint density at radius 2 is 2.00 bits per heavy atom. The van der Waals surface area contributed by atoms with Crippen molar-refractivity contribution < 1.29 is 18.8 Å². The molecule has 1 N–H and O–H groups in total. The maximum absolute atomic E-state index is 14.2. The minimum atomic E-state index is -0.484. The van der Waals surface area contributed by atoms with E-state index in [4.69, 9.17) is 0 Å². The van der Waals surface area contributed by atoms with E-state index in [9.17, 15) is 18.8 Å². The number of benzene rings is 1. The number of nitrogens with zero attached hydrogens (tertiary/aromatic N) is 5. The van der Waals surface area contributed by atoms with Gasteiger partial charge in [-0.15, -0.1) is 11.3 Å². The van der Waals surface area contributed by atoms with E-state index in [0.29, 0.717) is 43.4 Å². The minimum Gasteiger partial charge on any atom is -0.367 e. The summed E-state index contributed by atoms with van der Waals surface area (Å²) in [4.78, 5) is 51.8. The van der Waals surface area contributed by atoms with E-state index < -0.39 is 11.7 Å². The van der Waals surface area contributed by atoms with Gasteiger partial charge in [0.15, 0.2) is 5.13 Å². The van der Waals surface area contributed by atoms with Crippen molar-refractivity contribution in [2.75, 3.05) is 56.5 Å². The van der Waals surface area contributed by atoms with Crippen LogP contribution >= 0.6 is 11.3 Å². The first-order chi connectivity index (χ1) is 17.8. The van der Waals surface area contributed by atoms with Gasteiger partial charge < -0.3 is 19.6 Å². The molecule has 0 radical (unpaired) electrons. The SMILES string of the molecule is CC1CN(c2ccc(F)cc2C(=O)Nc2nc3c(s2)CN(C)CC3)CCN1C(=O)CN1CCCCC1=O. The molecule has 2 aromatic rings. The number of halogens is 1. The van der Waals surface area contributed by atoms with Gasteiger partial charge in [-0.25, -0.2) is 9.37 Å². The topological polar surface area (TPSA) is 89.1 Å². The fraction of sp³-hybridized carbons (Fsp3) is 0.538. The number of thiazole rings is 1. The fourth-order valence-corrected chi connectivity index (χ4v) is 6.42. The quantitative estimate of drug-likeness (QED) is 0.642. The average molecular weight is 529 g/mol. The molecule has 1 aromatic carbocycles. The molecule has 0 bridgehead atoms. The lowest BCUT2D eigenvalue weighted by Gasteiger charge is -2.42. The van der Waals surface area contributed by atoms with Gasteiger partial charge in [-0.2, -0.15) is 0 Å². The summed E-state index contributed by atoms with van der Waals surface area (Å²) in [6, 6.07) is 4.12. The van der Waals surface area contributed by atoms with Crippen molar-refractivity contribution in [2.24, 2.45) is 0 Å². The first-order valence-electron chi connectivity index (χ1n) is 12.9. The van der Waals surface area contributed by atoms with Crippen molar-refractivity contribution in [3.8, 4) is 0 Å². The lowest BCUT2D eigenvalue weighted by atomic mass is 10.1. The Kier molecular flexibility index (Phi) is 7.43. The molecule has 37 heavy (non-hydrogen) atoms. The molecule has 2 fully saturated rings. The van der Waals surface area contributed by atoms with Crippen molar-refractivity contribution in [3.05, 3.63) is 40.2 Å². The van der Waals surface area contributed by atoms with Crippen LogP contribution in [-0.2, 0) is 22.6 Å². The average Bonchev–Trinajstić information content (AvgIpc) is 3.26. The number of nitrogens with one attached hydrogen (secondary N) is 1. The Labute approximate surface area is 220 Å². The van der Waals surface area contributed by atoms with E-state index in [1.54, 1.807) is 15.9 Å². The summed E-state index contributed by atoms with van der Waals surface area (Å²) in [7, 11) is 2.06. The van der Waals surface area contributed by atoms with Gasteiger partial charge in [-0.1, -0.05) is 0 Å². The Morgan fingerprint density at radius 1 is 1.16 bits per heavy atom. The summed E-state index contributed by atoms with van der Waals surface area (Å²) >= 11 is 1.46. The lowest BCUT2D eigenvalue weighted by Crippen LogP contribution is -2.56. The predicted octanol–water partition coefficient (Wildman–Crippen LogP) is 2.57. The molecular weight excluding hydrogens is 495 g/mol. The van der Waals surface area contributed by atoms with Crippen molar-refractivity contribution in [1.29, 1.82) is 0 Å². The number of piperazine rings is 1. The van der Waals surface area contributed by atoms with Gasteiger partial charge in [-0.3, -0.25) is 19.7 Å². The number of rotatable bonds is 5. The van der Waals surface area contributed by atoms with Crippen LogP contribution in [0.2, 0.25) is 0 Å². The molecule has 1 atom stereocenters. The zero-order valence-corrected chi connectivity index (χ0v) is 22.2. The second kappa shape index (κ2) is 10.7. The molecule has 3 amide bonds. The summed E-state index contributed by atoms with van der Waals surface area (Å²) in [5, 5.41) is 3.40. The third-order valence-electron chi connectivity index (χ3n) is 7.38. The van der Waals surface area contributed by atoms with E-state index >= 15 is 0 Å². The Hall–Kier alpha value is -3.05. The van der Waals surface area contributed by atoms with E-state index in [1.165, 1.54) is 23.5 Å². The Morgan fingerprint density at radius 3 is 2.78 bits per heavy atom. The first kappa shape index (κ1) is 25.6. The highest BCUT2D eigenvalue weighted by Gasteiger charge is 2.31. The van der Waals surface area contributed by atoms with E-state index in [-0.39, 0.29) is 30.0 Å². The summed E-state index contributed by atoms with van der Waals surface area (Å²) < 4.78 is 14.2. The zero-order chi connectivity index (χ0) is 26.1. The van der Waals surface area contributed by atoms with Crippen LogP contribution in [0.3, 0.4) is 0 Å². The zero-order valence-electron chi connectivity index (χ0n) is 21.3. The van der Waals surface area contributed by atoms with Gasteiger partial charge in [0, 0.05) is 68.7 Å². The highest BCUT2D eigenvalue weighted by Crippen LogP contribution is 2.30. The van der Waals surface area contributed by atoms with Crippen molar-refractivity contribution in [1.82, 2.24) is 19.7 Å². The van der Waals surface area contributed by atoms with Crippen LogP contribution in [0.15, 0.2) is 18.2 Å². The first-order valence-corrected chi connectivity index (χ1v) is 13.7. The number of carbonyl (C=O) groups is 3. The number of amides is 3. The second-order valence-corrected chi connectivity index (χ2v) is 11.2. The standard InChI is InChI=1S/C26H33FN6O3S/c1-17-14-31(11-12-33(17)24(35)16-32-9-4-3-5-23(32)34)21-7-6-18(27)13-19(21)25(36)29-26-28-20-8-10-30(2)15-22(20)37-26/h6-7,13,17H,3-5,8-12,14-16H2,1-2H3,(H,28,29,36). The molecule has 4 heterocycles. The van der Waals surface area contributed by atoms with Crippen molar-refractivity contribution >= 4 is 39.9 Å². The number of hydrogen-bond donors (Lipinski definition) is 1. The number of likely N-dealkylation sites (N-methyl/N-ethyl adjacent to an activating group) is 1. The molecule has 11 heteroatoms. The van der Waals surface area contributed by atoms with Crippen LogP contribution in [0.25, 0.3) is 0 Å². The molecule has 198 valence electrons. The molecule has 0 saturated carbocycles. The molecule has 3 aliphatic heterocycles. The lowest BCUT2D eigenvalue weighted by molar-refractivity contribution is -0.143. The van der Waals surface area contributed by atoms with Gasteiger partial charge >= 0.3 is 0 Å². The van der Waals surface area contributed by atoms with E-state index in [0.717, 1.165) is 42.9 Å². The predicted molar refractivity (Wildman–Crippen MR) is 140 cm³/mol. The van der Waals surface area contributed by atoms with Crippen molar-refractivity contribution in [3.63, 3.8) is 0 Å². The molecule has 2 saturated heterocycles. The molecular formula is C26H33FN6O3S. The normalized spacial score (nSPS) is 20.7. The van der Waals surface area contributed by atoms with Crippen LogP contribution in [0.5, 0.6) is 0 Å². The number of fused-ring (bicyclic) bond motifs is 1. The molecule has 5 rings (SSSR count). The van der Waals surface area contributed by atoms with Gasteiger partial charge in [0.05, 0.1) is 17.8 Å². The third-order valence-corrected chi connectivity index (χ3v) is 8.38. The molecule has 0 aliphatic carbocycles. The van der Waals surface area contributed by atoms with Gasteiger partial charge in [0.1, 0.15) is 5.82 Å². The molecule has 1 unspecified atom stereocenters. The largest absolute Gasteiger partial charge is 0.367 e. The van der Waals surface area contributed by atoms with Crippen LogP contribution < -0.4 is 10.2 Å². The van der Waals surface area contributed by atoms with E-state index in [2.05, 4.69) is 22.2 Å². The Bertz CT molecular complexity index is 1200. The number of hydrogen-bond acceptors (Lipinski definition) is 7. The maximum atomic E-state index is 14.2. The molecule has 1 aromatic heterocycles. The van der Waals surface area contributed by atoms with Crippen molar-refractivity contribution in [2.45, 2.75) is 45.2 Å². The minimum absolute atomic E-state index is 0.0426. The van der Waals surface area contributed by atoms with Crippen LogP contribution in [0, 0.1) is 5.82 Å². The molecule has 0 spiro atoms. The summed E-state index contributed by atoms with van der Waals surface area (Å²) in [6.45, 7) is 5.92. The van der Waals surface area contributed by atoms with Gasteiger partial charge in [0.2, 0.25) is 11.8 Å². The summed E-state index contributed by atoms with van der Waals surface area (Å²) in [6.07, 6.45) is 3.16. The summed E-state index contributed by atoms with van der Waals surface area (Å²) in [5.74, 6) is -0.899. The van der Waals surface area contributed by atoms with Gasteiger partial charge in [-0.05, 0) is 45.0 Å².